The number of hydrogen-bond donors (Lipinski definition) is 2. The number of benzene rings is 7. The van der Waals surface area contributed by atoms with Crippen molar-refractivity contribution in [2.75, 3.05) is 11.1 Å². The molecule has 7 aromatic rings. The van der Waals surface area contributed by atoms with Crippen molar-refractivity contribution >= 4 is 49.4 Å². The topological polar surface area (TPSA) is 38.0 Å². The first-order valence-electron chi connectivity index (χ1n) is 14.8. The van der Waals surface area contributed by atoms with Gasteiger partial charge in [-0.2, -0.15) is 0 Å². The van der Waals surface area contributed by atoms with Crippen molar-refractivity contribution in [2.45, 2.75) is 26.7 Å². The molecule has 0 unspecified atom stereocenters. The zero-order valence-corrected chi connectivity index (χ0v) is 24.3. The smallest absolute Gasteiger partial charge is 0.0617 e. The van der Waals surface area contributed by atoms with Crippen molar-refractivity contribution in [3.05, 3.63) is 140 Å². The van der Waals surface area contributed by atoms with Crippen molar-refractivity contribution in [3.63, 3.8) is 0 Å². The molecule has 0 spiro atoms. The molecular formula is C40H36N2. The summed E-state index contributed by atoms with van der Waals surface area (Å²) in [5, 5.41) is 11.0. The average molecular weight is 545 g/mol. The third-order valence-corrected chi connectivity index (χ3v) is 7.90. The number of unbranched alkanes of at least 4 members (excludes halogenated alkanes) is 1. The van der Waals surface area contributed by atoms with Crippen LogP contribution in [-0.2, 0) is 0 Å². The van der Waals surface area contributed by atoms with Crippen molar-refractivity contribution in [1.29, 1.82) is 0 Å². The lowest BCUT2D eigenvalue weighted by molar-refractivity contribution is 0.886. The number of nitrogens with one attached hydrogen (secondary N) is 1. The molecule has 7 aromatic carbocycles. The lowest BCUT2D eigenvalue weighted by Crippen LogP contribution is -1.96. The molecule has 0 aromatic heterocycles. The molecule has 0 fully saturated rings. The second-order valence-electron chi connectivity index (χ2n) is 10.7. The Kier molecular flexibility index (Phi) is 7.87. The van der Waals surface area contributed by atoms with E-state index in [4.69, 9.17) is 5.73 Å². The highest BCUT2D eigenvalue weighted by atomic mass is 14.9. The normalized spacial score (nSPS) is 10.9. The minimum absolute atomic E-state index is 0.734. The molecule has 7 rings (SSSR count). The number of nitrogens with two attached hydrogens (primary N) is 1. The molecule has 2 heteroatoms. The molecular weight excluding hydrogens is 508 g/mol. The maximum absolute atomic E-state index is 6.15. The van der Waals surface area contributed by atoms with Crippen LogP contribution >= 0.6 is 0 Å². The highest BCUT2D eigenvalue weighted by Gasteiger charge is 2.17. The van der Waals surface area contributed by atoms with Gasteiger partial charge < -0.3 is 11.1 Å². The van der Waals surface area contributed by atoms with Crippen LogP contribution in [0.1, 0.15) is 26.7 Å². The third kappa shape index (κ3) is 5.20. The van der Waals surface area contributed by atoms with Gasteiger partial charge in [0.2, 0.25) is 0 Å². The molecule has 206 valence electrons. The highest BCUT2D eigenvalue weighted by molar-refractivity contribution is 6.23. The van der Waals surface area contributed by atoms with E-state index < -0.39 is 0 Å². The van der Waals surface area contributed by atoms with Crippen LogP contribution in [-0.4, -0.2) is 0 Å². The van der Waals surface area contributed by atoms with Gasteiger partial charge in [0, 0.05) is 5.69 Å². The van der Waals surface area contributed by atoms with Crippen LogP contribution in [0.5, 0.6) is 0 Å². The molecule has 0 amide bonds. The Morgan fingerprint density at radius 2 is 0.976 bits per heavy atom. The zero-order valence-electron chi connectivity index (χ0n) is 24.3. The molecule has 0 bridgehead atoms. The van der Waals surface area contributed by atoms with E-state index in [1.807, 2.05) is 24.3 Å². The molecule has 0 heterocycles. The maximum atomic E-state index is 6.15. The van der Waals surface area contributed by atoms with E-state index in [0.29, 0.717) is 0 Å². The molecule has 0 saturated heterocycles. The minimum Gasteiger partial charge on any atom is -0.397 e. The fourth-order valence-corrected chi connectivity index (χ4v) is 5.66. The first kappa shape index (κ1) is 27.1. The number of nitrogen functional groups attached to an aromatic ring is 1. The van der Waals surface area contributed by atoms with Gasteiger partial charge in [-0.25, -0.2) is 0 Å². The van der Waals surface area contributed by atoms with Gasteiger partial charge in [0.05, 0.1) is 11.4 Å². The van der Waals surface area contributed by atoms with E-state index in [9.17, 15) is 0 Å². The van der Waals surface area contributed by atoms with Crippen LogP contribution in [0.4, 0.5) is 17.1 Å². The van der Waals surface area contributed by atoms with Gasteiger partial charge in [-0.15, -0.1) is 0 Å². The quantitative estimate of drug-likeness (QED) is 0.167. The van der Waals surface area contributed by atoms with Crippen LogP contribution in [0.3, 0.4) is 0 Å². The van der Waals surface area contributed by atoms with Gasteiger partial charge in [0.15, 0.2) is 0 Å². The molecule has 0 aliphatic rings. The Bertz CT molecular complexity index is 1920. The fourth-order valence-electron chi connectivity index (χ4n) is 5.66. The summed E-state index contributed by atoms with van der Waals surface area (Å²) < 4.78 is 0. The summed E-state index contributed by atoms with van der Waals surface area (Å²) in [5.74, 6) is 0. The van der Waals surface area contributed by atoms with Gasteiger partial charge >= 0.3 is 0 Å². The van der Waals surface area contributed by atoms with Crippen molar-refractivity contribution < 1.29 is 0 Å². The minimum atomic E-state index is 0.734. The lowest BCUT2D eigenvalue weighted by Gasteiger charge is -2.19. The van der Waals surface area contributed by atoms with Crippen LogP contribution in [0.25, 0.3) is 54.6 Å². The van der Waals surface area contributed by atoms with E-state index in [1.165, 1.54) is 67.4 Å². The third-order valence-electron chi connectivity index (χ3n) is 7.90. The summed E-state index contributed by atoms with van der Waals surface area (Å²) >= 11 is 0. The SMILES string of the molecule is CCCC.Nc1ccccc1Nc1ccc(-c2c3ccccc3c(-c3cccc4ccccc34)c3ccccc23)cc1. The summed E-state index contributed by atoms with van der Waals surface area (Å²) in [6.45, 7) is 4.36. The molecule has 0 aliphatic carbocycles. The Balaban J connectivity index is 0.000000744. The van der Waals surface area contributed by atoms with Gasteiger partial charge in [-0.05, 0) is 78.8 Å². The number of rotatable bonds is 5. The second-order valence-corrected chi connectivity index (χ2v) is 10.7. The van der Waals surface area contributed by atoms with Crippen molar-refractivity contribution in [1.82, 2.24) is 0 Å². The summed E-state index contributed by atoms with van der Waals surface area (Å²) in [6.07, 6.45) is 2.64. The largest absolute Gasteiger partial charge is 0.397 e. The Morgan fingerprint density at radius 1 is 0.476 bits per heavy atom. The second kappa shape index (κ2) is 12.2. The molecule has 0 atom stereocenters. The first-order chi connectivity index (χ1) is 20.7. The van der Waals surface area contributed by atoms with Crippen LogP contribution in [0, 0.1) is 0 Å². The standard InChI is InChI=1S/C36H26N2.C4H10/c37-33-18-7-8-19-34(33)38-26-22-20-25(21-23-26)35-29-13-3-5-15-31(29)36(32-16-6-4-14-30(32)35)28-17-9-11-24-10-1-2-12-27(24)28;1-3-4-2/h1-23,38H,37H2;3-4H2,1-2H3. The number of fused-ring (bicyclic) bond motifs is 3. The monoisotopic (exact) mass is 544 g/mol. The number of hydrogen-bond acceptors (Lipinski definition) is 2. The lowest BCUT2D eigenvalue weighted by atomic mass is 9.85. The van der Waals surface area contributed by atoms with Gasteiger partial charge in [0.25, 0.3) is 0 Å². The van der Waals surface area contributed by atoms with Gasteiger partial charge in [0.1, 0.15) is 0 Å². The number of anilines is 3. The van der Waals surface area contributed by atoms with Crippen LogP contribution < -0.4 is 11.1 Å². The molecule has 0 saturated carbocycles. The van der Waals surface area contributed by atoms with Crippen LogP contribution in [0.15, 0.2) is 140 Å². The maximum Gasteiger partial charge on any atom is 0.0617 e. The van der Waals surface area contributed by atoms with Gasteiger partial charge in [-0.1, -0.05) is 142 Å². The number of para-hydroxylation sites is 2. The highest BCUT2D eigenvalue weighted by Crippen LogP contribution is 2.45. The van der Waals surface area contributed by atoms with E-state index >= 15 is 0 Å². The van der Waals surface area contributed by atoms with E-state index in [0.717, 1.165) is 17.1 Å². The fraction of sp³-hybridized carbons (Fsp3) is 0.100. The first-order valence-corrected chi connectivity index (χ1v) is 14.8. The zero-order chi connectivity index (χ0) is 28.9. The van der Waals surface area contributed by atoms with Crippen molar-refractivity contribution in [3.8, 4) is 22.3 Å². The van der Waals surface area contributed by atoms with E-state index in [-0.39, 0.29) is 0 Å². The Labute approximate surface area is 248 Å². The molecule has 42 heavy (non-hydrogen) atoms. The van der Waals surface area contributed by atoms with E-state index in [2.05, 4.69) is 134 Å². The Hall–Kier alpha value is -5.08. The van der Waals surface area contributed by atoms with Crippen LogP contribution in [0.2, 0.25) is 0 Å². The summed E-state index contributed by atoms with van der Waals surface area (Å²) in [4.78, 5) is 0. The van der Waals surface area contributed by atoms with E-state index in [1.54, 1.807) is 0 Å². The molecule has 3 N–H and O–H groups in total. The summed E-state index contributed by atoms with van der Waals surface area (Å²) in [5.41, 5.74) is 13.8. The van der Waals surface area contributed by atoms with Crippen molar-refractivity contribution in [2.24, 2.45) is 0 Å². The van der Waals surface area contributed by atoms with Gasteiger partial charge in [-0.3, -0.25) is 0 Å². The average Bonchev–Trinajstić information content (AvgIpc) is 3.05. The predicted octanol–water partition coefficient (Wildman–Crippen LogP) is 11.6. The Morgan fingerprint density at radius 3 is 1.57 bits per heavy atom. The summed E-state index contributed by atoms with van der Waals surface area (Å²) in [6, 6.07) is 49.4. The molecule has 2 nitrogen and oxygen atoms in total. The molecule has 0 radical (unpaired) electrons. The molecule has 0 aliphatic heterocycles. The predicted molar refractivity (Wildman–Crippen MR) is 185 cm³/mol. The summed E-state index contributed by atoms with van der Waals surface area (Å²) in [7, 11) is 0.